The van der Waals surface area contributed by atoms with Crippen LogP contribution in [0, 0.1) is 5.92 Å². The molecule has 5 nitrogen and oxygen atoms in total. The summed E-state index contributed by atoms with van der Waals surface area (Å²) in [6, 6.07) is 3.69. The van der Waals surface area contributed by atoms with Crippen molar-refractivity contribution in [3.63, 3.8) is 0 Å². The Kier molecular flexibility index (Phi) is 6.97. The first kappa shape index (κ1) is 18.6. The van der Waals surface area contributed by atoms with Crippen molar-refractivity contribution in [1.82, 2.24) is 5.32 Å². The molecule has 0 radical (unpaired) electrons. The van der Waals surface area contributed by atoms with Crippen molar-refractivity contribution in [2.24, 2.45) is 5.92 Å². The average Bonchev–Trinajstić information content (AvgIpc) is 2.46. The predicted octanol–water partition coefficient (Wildman–Crippen LogP) is 3.38. The van der Waals surface area contributed by atoms with Crippen LogP contribution in [-0.4, -0.2) is 29.1 Å². The lowest BCUT2D eigenvalue weighted by Gasteiger charge is -2.22. The quantitative estimate of drug-likeness (QED) is 0.792. The van der Waals surface area contributed by atoms with Crippen LogP contribution in [0.3, 0.4) is 0 Å². The molecule has 3 atom stereocenters. The monoisotopic (exact) mass is 347 g/mol. The number of benzene rings is 1. The van der Waals surface area contributed by atoms with Crippen LogP contribution in [-0.2, 0) is 9.59 Å². The Bertz CT molecular complexity index is 550. The second kappa shape index (κ2) is 8.25. The normalized spacial score (nSPS) is 14.8. The highest BCUT2D eigenvalue weighted by Gasteiger charge is 2.28. The number of nitrogens with one attached hydrogen (secondary N) is 1. The highest BCUT2D eigenvalue weighted by molar-refractivity contribution is 6.35. The molecule has 0 aliphatic carbocycles. The summed E-state index contributed by atoms with van der Waals surface area (Å²) in [5.74, 6) is -1.46. The van der Waals surface area contributed by atoms with Gasteiger partial charge in [0.15, 0.2) is 6.10 Å². The number of amides is 1. The zero-order chi connectivity index (χ0) is 16.9. The van der Waals surface area contributed by atoms with Crippen LogP contribution >= 0.6 is 23.2 Å². The zero-order valence-electron chi connectivity index (χ0n) is 12.6. The van der Waals surface area contributed by atoms with Crippen LogP contribution in [0.25, 0.3) is 0 Å². The van der Waals surface area contributed by atoms with Gasteiger partial charge in [0.2, 0.25) is 0 Å². The van der Waals surface area contributed by atoms with Gasteiger partial charge in [0.1, 0.15) is 11.8 Å². The molecule has 0 aromatic heterocycles. The smallest absolute Gasteiger partial charge is 0.326 e. The number of carboxylic acid groups (broad SMARTS) is 1. The SMILES string of the molecule is CCC(C)C(NC(=O)C(C)Oc1ccc(Cl)cc1Cl)C(=O)O. The summed E-state index contributed by atoms with van der Waals surface area (Å²) in [5, 5.41) is 12.4. The standard InChI is InChI=1S/C15H19Cl2NO4/c1-4-8(2)13(15(20)21)18-14(19)9(3)22-12-6-5-10(16)7-11(12)17/h5-9,13H,4H2,1-3H3,(H,18,19)(H,20,21). The molecule has 2 N–H and O–H groups in total. The lowest BCUT2D eigenvalue weighted by molar-refractivity contribution is -0.144. The van der Waals surface area contributed by atoms with Gasteiger partial charge in [-0.25, -0.2) is 4.79 Å². The molecule has 0 aliphatic rings. The average molecular weight is 348 g/mol. The van der Waals surface area contributed by atoms with E-state index in [1.807, 2.05) is 6.92 Å². The second-order valence-corrected chi connectivity index (χ2v) is 5.89. The van der Waals surface area contributed by atoms with Gasteiger partial charge in [0, 0.05) is 5.02 Å². The molecular weight excluding hydrogens is 329 g/mol. The third kappa shape index (κ3) is 5.07. The maximum Gasteiger partial charge on any atom is 0.326 e. The number of ether oxygens (including phenoxy) is 1. The van der Waals surface area contributed by atoms with Gasteiger partial charge in [0.25, 0.3) is 5.91 Å². The second-order valence-electron chi connectivity index (χ2n) is 5.04. The van der Waals surface area contributed by atoms with Gasteiger partial charge in [-0.2, -0.15) is 0 Å². The van der Waals surface area contributed by atoms with Gasteiger partial charge in [-0.05, 0) is 31.0 Å². The Labute approximate surface area is 139 Å². The summed E-state index contributed by atoms with van der Waals surface area (Å²) < 4.78 is 5.46. The molecule has 0 saturated carbocycles. The van der Waals surface area contributed by atoms with Gasteiger partial charge < -0.3 is 15.2 Å². The minimum absolute atomic E-state index is 0.187. The van der Waals surface area contributed by atoms with Crippen molar-refractivity contribution in [3.8, 4) is 5.75 Å². The third-order valence-electron chi connectivity index (χ3n) is 3.34. The van der Waals surface area contributed by atoms with E-state index in [4.69, 9.17) is 27.9 Å². The summed E-state index contributed by atoms with van der Waals surface area (Å²) in [5.41, 5.74) is 0. The summed E-state index contributed by atoms with van der Waals surface area (Å²) in [6.07, 6.45) is -0.250. The highest BCUT2D eigenvalue weighted by atomic mass is 35.5. The molecule has 0 heterocycles. The maximum absolute atomic E-state index is 12.1. The van der Waals surface area contributed by atoms with Crippen LogP contribution in [0.1, 0.15) is 27.2 Å². The lowest BCUT2D eigenvalue weighted by atomic mass is 9.99. The Balaban J connectivity index is 2.73. The number of carboxylic acids is 1. The van der Waals surface area contributed by atoms with E-state index in [1.54, 1.807) is 19.1 Å². The maximum atomic E-state index is 12.1. The van der Waals surface area contributed by atoms with Crippen molar-refractivity contribution >= 4 is 35.1 Å². The van der Waals surface area contributed by atoms with Crippen molar-refractivity contribution in [2.45, 2.75) is 39.3 Å². The molecule has 7 heteroatoms. The van der Waals surface area contributed by atoms with Crippen LogP contribution in [0.15, 0.2) is 18.2 Å². The Morgan fingerprint density at radius 2 is 1.95 bits per heavy atom. The van der Waals surface area contributed by atoms with Crippen molar-refractivity contribution in [3.05, 3.63) is 28.2 Å². The highest BCUT2D eigenvalue weighted by Crippen LogP contribution is 2.28. The van der Waals surface area contributed by atoms with Crippen LogP contribution in [0.5, 0.6) is 5.75 Å². The fourth-order valence-corrected chi connectivity index (χ4v) is 2.22. The van der Waals surface area contributed by atoms with Crippen LogP contribution in [0.4, 0.5) is 0 Å². The first-order valence-corrected chi connectivity index (χ1v) is 7.66. The number of rotatable bonds is 7. The molecule has 0 aliphatic heterocycles. The van der Waals surface area contributed by atoms with Gasteiger partial charge in [-0.3, -0.25) is 4.79 Å². The van der Waals surface area contributed by atoms with Crippen molar-refractivity contribution < 1.29 is 19.4 Å². The number of hydrogen-bond donors (Lipinski definition) is 2. The Morgan fingerprint density at radius 1 is 1.32 bits per heavy atom. The summed E-state index contributed by atoms with van der Waals surface area (Å²) in [4.78, 5) is 23.3. The van der Waals surface area contributed by atoms with Gasteiger partial charge in [0.05, 0.1) is 5.02 Å². The first-order valence-electron chi connectivity index (χ1n) is 6.91. The molecule has 22 heavy (non-hydrogen) atoms. The zero-order valence-corrected chi connectivity index (χ0v) is 14.1. The number of aliphatic carboxylic acids is 1. The van der Waals surface area contributed by atoms with E-state index < -0.39 is 24.0 Å². The van der Waals surface area contributed by atoms with E-state index in [2.05, 4.69) is 5.32 Å². The van der Waals surface area contributed by atoms with Gasteiger partial charge in [-0.1, -0.05) is 43.5 Å². The minimum atomic E-state index is -1.07. The summed E-state index contributed by atoms with van der Waals surface area (Å²) in [6.45, 7) is 5.15. The van der Waals surface area contributed by atoms with Crippen LogP contribution in [0.2, 0.25) is 10.0 Å². The molecule has 3 unspecified atom stereocenters. The Hall–Kier alpha value is -1.46. The van der Waals surface area contributed by atoms with Gasteiger partial charge >= 0.3 is 5.97 Å². The number of carbonyl (C=O) groups excluding carboxylic acids is 1. The topological polar surface area (TPSA) is 75.6 Å². The Morgan fingerprint density at radius 3 is 2.45 bits per heavy atom. The predicted molar refractivity (Wildman–Crippen MR) is 85.6 cm³/mol. The fraction of sp³-hybridized carbons (Fsp3) is 0.467. The molecule has 1 rings (SSSR count). The molecule has 0 fully saturated rings. The van der Waals surface area contributed by atoms with E-state index in [-0.39, 0.29) is 10.9 Å². The minimum Gasteiger partial charge on any atom is -0.480 e. The summed E-state index contributed by atoms with van der Waals surface area (Å²) in [7, 11) is 0. The molecule has 122 valence electrons. The third-order valence-corrected chi connectivity index (χ3v) is 3.87. The largest absolute Gasteiger partial charge is 0.480 e. The van der Waals surface area contributed by atoms with Gasteiger partial charge in [-0.15, -0.1) is 0 Å². The van der Waals surface area contributed by atoms with E-state index in [9.17, 15) is 14.7 Å². The molecule has 1 amide bonds. The first-order chi connectivity index (χ1) is 10.3. The van der Waals surface area contributed by atoms with E-state index in [0.29, 0.717) is 17.2 Å². The lowest BCUT2D eigenvalue weighted by Crippen LogP contribution is -2.49. The van der Waals surface area contributed by atoms with Crippen molar-refractivity contribution in [1.29, 1.82) is 0 Å². The fourth-order valence-electron chi connectivity index (χ4n) is 1.77. The molecule has 0 spiro atoms. The molecule has 0 saturated heterocycles. The number of halogens is 2. The number of carbonyl (C=O) groups is 2. The molecule has 0 bridgehead atoms. The molecular formula is C15H19Cl2NO4. The van der Waals surface area contributed by atoms with E-state index in [1.165, 1.54) is 13.0 Å². The summed E-state index contributed by atoms with van der Waals surface area (Å²) >= 11 is 11.8. The van der Waals surface area contributed by atoms with Crippen LogP contribution < -0.4 is 10.1 Å². The van der Waals surface area contributed by atoms with E-state index >= 15 is 0 Å². The molecule has 1 aromatic carbocycles. The number of hydrogen-bond acceptors (Lipinski definition) is 3. The van der Waals surface area contributed by atoms with Crippen molar-refractivity contribution in [2.75, 3.05) is 0 Å². The molecule has 1 aromatic rings. The van der Waals surface area contributed by atoms with E-state index in [0.717, 1.165) is 0 Å².